The van der Waals surface area contributed by atoms with E-state index in [1.165, 1.54) is 0 Å². The third-order valence-corrected chi connectivity index (χ3v) is 4.00. The van der Waals surface area contributed by atoms with Gasteiger partial charge in [-0.3, -0.25) is 4.72 Å². The molecular weight excluding hydrogens is 315 g/mol. The number of para-hydroxylation sites is 1. The fourth-order valence-corrected chi connectivity index (χ4v) is 2.77. The molecule has 1 N–H and O–H groups in total. The van der Waals surface area contributed by atoms with Gasteiger partial charge in [-0.15, -0.1) is 0 Å². The molecule has 2 rings (SSSR count). The van der Waals surface area contributed by atoms with E-state index in [0.717, 1.165) is 36.4 Å². The average molecular weight is 322 g/mol. The molecule has 0 aliphatic carbocycles. The van der Waals surface area contributed by atoms with Crippen molar-refractivity contribution in [2.24, 2.45) is 0 Å². The minimum atomic E-state index is -4.47. The molecule has 0 unspecified atom stereocenters. The van der Waals surface area contributed by atoms with Gasteiger partial charge in [0.1, 0.15) is 28.0 Å². The van der Waals surface area contributed by atoms with Crippen LogP contribution >= 0.6 is 11.6 Å². The van der Waals surface area contributed by atoms with E-state index in [1.54, 1.807) is 4.72 Å². The van der Waals surface area contributed by atoms with Crippen LogP contribution in [-0.2, 0) is 10.0 Å². The minimum absolute atomic E-state index is 0.00137. The van der Waals surface area contributed by atoms with Crippen molar-refractivity contribution >= 4 is 27.3 Å². The van der Waals surface area contributed by atoms with Crippen molar-refractivity contribution in [3.63, 3.8) is 0 Å². The topological polar surface area (TPSA) is 46.2 Å². The van der Waals surface area contributed by atoms with E-state index in [4.69, 9.17) is 11.6 Å². The number of rotatable bonds is 3. The van der Waals surface area contributed by atoms with Gasteiger partial charge in [0.05, 0.1) is 0 Å². The van der Waals surface area contributed by atoms with Gasteiger partial charge in [0.15, 0.2) is 0 Å². The summed E-state index contributed by atoms with van der Waals surface area (Å²) in [4.78, 5) is -0.760. The minimum Gasteiger partial charge on any atom is -0.274 e. The van der Waals surface area contributed by atoms with E-state index in [2.05, 4.69) is 0 Å². The van der Waals surface area contributed by atoms with Gasteiger partial charge in [-0.05, 0) is 30.3 Å². The fraction of sp³-hybridized carbons (Fsp3) is 0. The molecule has 20 heavy (non-hydrogen) atoms. The van der Waals surface area contributed by atoms with Crippen molar-refractivity contribution in [2.75, 3.05) is 4.72 Å². The second-order valence-corrected chi connectivity index (χ2v) is 5.86. The number of sulfonamides is 1. The zero-order valence-corrected chi connectivity index (χ0v) is 11.3. The van der Waals surface area contributed by atoms with Gasteiger partial charge in [-0.25, -0.2) is 21.6 Å². The maximum Gasteiger partial charge on any atom is 0.265 e. The van der Waals surface area contributed by atoms with Crippen molar-refractivity contribution in [3.8, 4) is 0 Å². The highest BCUT2D eigenvalue weighted by molar-refractivity contribution is 7.92. The van der Waals surface area contributed by atoms with E-state index < -0.39 is 38.1 Å². The molecule has 0 atom stereocenters. The maximum atomic E-state index is 13.6. The summed E-state index contributed by atoms with van der Waals surface area (Å²) in [6.07, 6.45) is 0. The Morgan fingerprint density at radius 2 is 1.55 bits per heavy atom. The Morgan fingerprint density at radius 3 is 2.10 bits per heavy atom. The Hall–Kier alpha value is -1.73. The van der Waals surface area contributed by atoms with Crippen molar-refractivity contribution < 1.29 is 21.6 Å². The summed E-state index contributed by atoms with van der Waals surface area (Å²) < 4.78 is 65.8. The largest absolute Gasteiger partial charge is 0.274 e. The molecule has 0 heterocycles. The smallest absolute Gasteiger partial charge is 0.265 e. The molecule has 0 saturated heterocycles. The van der Waals surface area contributed by atoms with Crippen LogP contribution in [0.25, 0.3) is 0 Å². The average Bonchev–Trinajstić information content (AvgIpc) is 2.33. The van der Waals surface area contributed by atoms with E-state index >= 15 is 0 Å². The van der Waals surface area contributed by atoms with Gasteiger partial charge in [0.2, 0.25) is 0 Å². The zero-order valence-electron chi connectivity index (χ0n) is 9.70. The van der Waals surface area contributed by atoms with E-state index in [9.17, 15) is 21.6 Å². The van der Waals surface area contributed by atoms with Crippen LogP contribution in [0.2, 0.25) is 5.02 Å². The van der Waals surface area contributed by atoms with Crippen LogP contribution in [0.15, 0.2) is 41.3 Å². The van der Waals surface area contributed by atoms with Crippen LogP contribution < -0.4 is 4.72 Å². The molecule has 0 amide bonds. The molecule has 0 spiro atoms. The van der Waals surface area contributed by atoms with Crippen LogP contribution in [-0.4, -0.2) is 8.42 Å². The molecule has 2 aromatic carbocycles. The summed E-state index contributed by atoms with van der Waals surface area (Å²) in [5.74, 6) is -3.34. The Balaban J connectivity index is 2.46. The maximum absolute atomic E-state index is 13.6. The monoisotopic (exact) mass is 321 g/mol. The van der Waals surface area contributed by atoms with Crippen molar-refractivity contribution in [2.45, 2.75) is 4.90 Å². The van der Waals surface area contributed by atoms with E-state index in [1.807, 2.05) is 0 Å². The number of benzene rings is 2. The van der Waals surface area contributed by atoms with Gasteiger partial charge >= 0.3 is 0 Å². The van der Waals surface area contributed by atoms with Gasteiger partial charge in [-0.2, -0.15) is 0 Å². The first-order chi connectivity index (χ1) is 9.31. The standard InChI is InChI=1S/C12H7ClF3NO2S/c13-7-4-5-11(10(16)6-7)20(18,19)17-12-8(14)2-1-3-9(12)15/h1-6,17H. The highest BCUT2D eigenvalue weighted by Gasteiger charge is 2.22. The number of hydrogen-bond acceptors (Lipinski definition) is 2. The first-order valence-corrected chi connectivity index (χ1v) is 7.09. The molecule has 3 nitrogen and oxygen atoms in total. The van der Waals surface area contributed by atoms with Gasteiger partial charge in [0, 0.05) is 5.02 Å². The number of hydrogen-bond donors (Lipinski definition) is 1. The predicted molar refractivity (Wildman–Crippen MR) is 68.6 cm³/mol. The number of anilines is 1. The highest BCUT2D eigenvalue weighted by atomic mass is 35.5. The second-order valence-electron chi connectivity index (χ2n) is 3.78. The van der Waals surface area contributed by atoms with Gasteiger partial charge < -0.3 is 0 Å². The SMILES string of the molecule is O=S(=O)(Nc1c(F)cccc1F)c1ccc(Cl)cc1F. The van der Waals surface area contributed by atoms with Gasteiger partial charge in [0.25, 0.3) is 10.0 Å². The quantitative estimate of drug-likeness (QED) is 0.939. The molecule has 0 aliphatic heterocycles. The van der Waals surface area contributed by atoms with Crippen LogP contribution in [0.3, 0.4) is 0 Å². The summed E-state index contributed by atoms with van der Waals surface area (Å²) in [5.41, 5.74) is -0.873. The van der Waals surface area contributed by atoms with Crippen molar-refractivity contribution in [1.82, 2.24) is 0 Å². The summed E-state index contributed by atoms with van der Waals surface area (Å²) >= 11 is 5.50. The molecule has 106 valence electrons. The lowest BCUT2D eigenvalue weighted by molar-refractivity contribution is 0.566. The lowest BCUT2D eigenvalue weighted by Crippen LogP contribution is -2.16. The van der Waals surface area contributed by atoms with E-state index in [-0.39, 0.29) is 5.02 Å². The molecular formula is C12H7ClF3NO2S. The van der Waals surface area contributed by atoms with E-state index in [0.29, 0.717) is 0 Å². The summed E-state index contributed by atoms with van der Waals surface area (Å²) in [6.45, 7) is 0. The third kappa shape index (κ3) is 2.88. The Kier molecular flexibility index (Phi) is 3.92. The molecule has 0 aliphatic rings. The normalized spacial score (nSPS) is 11.4. The predicted octanol–water partition coefficient (Wildman–Crippen LogP) is 3.56. The summed E-state index contributed by atoms with van der Waals surface area (Å²) in [6, 6.07) is 5.66. The van der Waals surface area contributed by atoms with Gasteiger partial charge in [-0.1, -0.05) is 17.7 Å². The fourth-order valence-electron chi connectivity index (χ4n) is 1.48. The lowest BCUT2D eigenvalue weighted by Gasteiger charge is -2.10. The first-order valence-electron chi connectivity index (χ1n) is 5.23. The third-order valence-electron chi connectivity index (χ3n) is 2.38. The van der Waals surface area contributed by atoms with Crippen molar-refractivity contribution in [3.05, 3.63) is 58.9 Å². The van der Waals surface area contributed by atoms with Crippen LogP contribution in [0.1, 0.15) is 0 Å². The Bertz CT molecular complexity index is 745. The molecule has 0 bridgehead atoms. The number of nitrogens with one attached hydrogen (secondary N) is 1. The Labute approximate surface area is 118 Å². The molecule has 2 aromatic rings. The van der Waals surface area contributed by atoms with Crippen LogP contribution in [0.5, 0.6) is 0 Å². The molecule has 0 saturated carbocycles. The molecule has 0 aromatic heterocycles. The Morgan fingerprint density at radius 1 is 0.950 bits per heavy atom. The molecule has 8 heteroatoms. The van der Waals surface area contributed by atoms with Crippen LogP contribution in [0, 0.1) is 17.5 Å². The highest BCUT2D eigenvalue weighted by Crippen LogP contribution is 2.24. The summed E-state index contributed by atoms with van der Waals surface area (Å²) in [5, 5.41) is -0.00137. The molecule has 0 fully saturated rings. The lowest BCUT2D eigenvalue weighted by atomic mass is 10.3. The number of halogens is 4. The first kappa shape index (κ1) is 14.7. The van der Waals surface area contributed by atoms with Crippen molar-refractivity contribution in [1.29, 1.82) is 0 Å². The summed E-state index contributed by atoms with van der Waals surface area (Å²) in [7, 11) is -4.47. The second kappa shape index (κ2) is 5.34. The zero-order chi connectivity index (χ0) is 14.9. The van der Waals surface area contributed by atoms with Crippen LogP contribution in [0.4, 0.5) is 18.9 Å². The molecule has 0 radical (unpaired) electrons.